The Morgan fingerprint density at radius 2 is 0.739 bits per heavy atom. The molecule has 0 fully saturated rings. The molecule has 0 saturated carbocycles. The second-order valence-electron chi connectivity index (χ2n) is 30.7. The van der Waals surface area contributed by atoms with Gasteiger partial charge in [0.1, 0.15) is 0 Å². The lowest BCUT2D eigenvalue weighted by atomic mass is 9.22. The molecule has 2 atom stereocenters. The highest BCUT2D eigenvalue weighted by Gasteiger charge is 2.59. The van der Waals surface area contributed by atoms with E-state index < -0.39 is 5.41 Å². The third-order valence-electron chi connectivity index (χ3n) is 20.9. The SMILES string of the molecule is CC1=CC2[C@H]1B(c1ccc(-n3c4cc(C(C)(C)C)ccc4c4ccc(C(C)(C)C)cc43)cc1Nc1c(-c3ccccc3)cccc1-c1ccccc1)c1ccc(-n3c4cc(C(C)(C)C)ccc4c4ccc(C(C)(C)C)cc43)cc1C2(c1ccccc1)c1ccccc1. The predicted molar refractivity (Wildman–Crippen MR) is 396 cm³/mol. The first-order valence-corrected chi connectivity index (χ1v) is 33.3. The van der Waals surface area contributed by atoms with Crippen LogP contribution in [0.2, 0.25) is 5.82 Å². The van der Waals surface area contributed by atoms with Crippen LogP contribution in [-0.2, 0) is 27.1 Å². The number of benzene rings is 11. The van der Waals surface area contributed by atoms with Gasteiger partial charge >= 0.3 is 0 Å². The molecule has 1 aliphatic carbocycles. The van der Waals surface area contributed by atoms with Crippen molar-refractivity contribution in [2.24, 2.45) is 5.92 Å². The average Bonchev–Trinajstić information content (AvgIpc) is 0.793. The Kier molecular flexibility index (Phi) is 13.9. The second kappa shape index (κ2) is 21.6. The lowest BCUT2D eigenvalue weighted by Gasteiger charge is -2.56. The third-order valence-corrected chi connectivity index (χ3v) is 20.9. The van der Waals surface area contributed by atoms with E-state index in [2.05, 4.69) is 359 Å². The van der Waals surface area contributed by atoms with Crippen LogP contribution in [-0.4, -0.2) is 15.8 Å². The van der Waals surface area contributed by atoms with Crippen LogP contribution in [0.1, 0.15) is 129 Å². The Labute approximate surface area is 545 Å². The lowest BCUT2D eigenvalue weighted by Crippen LogP contribution is -2.63. The zero-order chi connectivity index (χ0) is 63.8. The smallest absolute Gasteiger partial charge is 0.220 e. The number of hydrogen-bond acceptors (Lipinski definition) is 1. The molecule has 0 spiro atoms. The first kappa shape index (κ1) is 59.0. The summed E-state index contributed by atoms with van der Waals surface area (Å²) in [6.45, 7) is 30.4. The van der Waals surface area contributed by atoms with Gasteiger partial charge in [-0.05, 0) is 139 Å². The maximum atomic E-state index is 4.43. The number of anilines is 2. The molecule has 1 aliphatic heterocycles. The zero-order valence-corrected chi connectivity index (χ0v) is 55.9. The van der Waals surface area contributed by atoms with Crippen LogP contribution in [0.15, 0.2) is 260 Å². The minimum Gasteiger partial charge on any atom is -0.355 e. The van der Waals surface area contributed by atoms with E-state index in [4.69, 9.17) is 0 Å². The zero-order valence-electron chi connectivity index (χ0n) is 55.9. The van der Waals surface area contributed by atoms with E-state index in [1.165, 1.54) is 105 Å². The molecule has 0 bridgehead atoms. The van der Waals surface area contributed by atoms with E-state index in [-0.39, 0.29) is 40.1 Å². The Balaban J connectivity index is 1.06. The van der Waals surface area contributed by atoms with Crippen LogP contribution in [0.3, 0.4) is 0 Å². The molecule has 11 aromatic carbocycles. The monoisotopic (exact) mass is 1190 g/mol. The van der Waals surface area contributed by atoms with Crippen molar-refractivity contribution in [1.29, 1.82) is 0 Å². The minimum absolute atomic E-state index is 0.0495. The maximum Gasteiger partial charge on any atom is 0.220 e. The van der Waals surface area contributed by atoms with Crippen molar-refractivity contribution in [2.75, 3.05) is 5.32 Å². The molecule has 2 aliphatic rings. The Morgan fingerprint density at radius 3 is 1.12 bits per heavy atom. The van der Waals surface area contributed by atoms with Crippen molar-refractivity contribution in [1.82, 2.24) is 9.13 Å². The van der Waals surface area contributed by atoms with Crippen molar-refractivity contribution in [3.63, 3.8) is 0 Å². The summed E-state index contributed by atoms with van der Waals surface area (Å²) in [6, 6.07) is 95.7. The van der Waals surface area contributed by atoms with Gasteiger partial charge in [-0.1, -0.05) is 306 Å². The summed E-state index contributed by atoms with van der Waals surface area (Å²) in [5.74, 6) is 0.248. The molecule has 1 N–H and O–H groups in total. The fraction of sp³-hybridized carbons (Fsp3) is 0.227. The summed E-state index contributed by atoms with van der Waals surface area (Å²) in [5.41, 5.74) is 26.5. The van der Waals surface area contributed by atoms with Gasteiger partial charge in [0, 0.05) is 49.7 Å². The fourth-order valence-electron chi connectivity index (χ4n) is 15.9. The summed E-state index contributed by atoms with van der Waals surface area (Å²) in [6.07, 6.45) is 2.64. The van der Waals surface area contributed by atoms with Gasteiger partial charge < -0.3 is 14.5 Å². The number of hydrogen-bond donors (Lipinski definition) is 1. The van der Waals surface area contributed by atoms with E-state index in [0.29, 0.717) is 0 Å². The Morgan fingerprint density at radius 1 is 0.370 bits per heavy atom. The van der Waals surface area contributed by atoms with Crippen LogP contribution in [0.5, 0.6) is 0 Å². The molecule has 15 rings (SSSR count). The molecule has 454 valence electrons. The van der Waals surface area contributed by atoms with Crippen LogP contribution < -0.4 is 16.2 Å². The number of nitrogens with zero attached hydrogens (tertiary/aromatic N) is 2. The normalized spacial score (nSPS) is 15.8. The molecule has 1 unspecified atom stereocenters. The molecular formula is C88H84BN3. The Hall–Kier alpha value is -9.38. The molecule has 0 saturated heterocycles. The fourth-order valence-corrected chi connectivity index (χ4v) is 15.9. The van der Waals surface area contributed by atoms with E-state index >= 15 is 0 Å². The van der Waals surface area contributed by atoms with Gasteiger partial charge in [0.15, 0.2) is 0 Å². The van der Waals surface area contributed by atoms with Gasteiger partial charge in [0.05, 0.1) is 33.2 Å². The first-order valence-electron chi connectivity index (χ1n) is 33.3. The summed E-state index contributed by atoms with van der Waals surface area (Å²) in [5, 5.41) is 9.49. The number of allylic oxidation sites excluding steroid dienone is 2. The standard InChI is InChI=1S/C88H84BN3/c1-56-49-74-82(56)89(75-47-41-65(54-73(75)88(74,59-31-22-16-23-32-59)60-33-24-17-25-34-60)91-78-50-61(84(2,3)4)37-43-69(78)70-44-38-62(51-79(70)91)85(5,6)7)76-48-42-66(92-80-52-63(86(8,9)10)39-45-71(80)72-46-40-64(53-81(72)92)87(11,12)13)55-77(76)90-83-67(57-27-18-14-19-28-57)35-26-36-68(83)58-29-20-15-21-30-58/h14-55,74,82,90H,1-13H3/t74?,82-/m0/s1. The maximum absolute atomic E-state index is 4.43. The average molecular weight is 1190 g/mol. The second-order valence-corrected chi connectivity index (χ2v) is 30.7. The summed E-state index contributed by atoms with van der Waals surface area (Å²) in [4.78, 5) is 0. The van der Waals surface area contributed by atoms with Crippen molar-refractivity contribution < 1.29 is 0 Å². The molecule has 4 heteroatoms. The minimum atomic E-state index is -0.549. The van der Waals surface area contributed by atoms with Gasteiger partial charge in [-0.2, -0.15) is 0 Å². The van der Waals surface area contributed by atoms with Gasteiger partial charge in [-0.3, -0.25) is 0 Å². The summed E-state index contributed by atoms with van der Waals surface area (Å²) >= 11 is 0. The van der Waals surface area contributed by atoms with E-state index in [1.54, 1.807) is 0 Å². The number of para-hydroxylation sites is 1. The largest absolute Gasteiger partial charge is 0.355 e. The molecular weight excluding hydrogens is 1110 g/mol. The summed E-state index contributed by atoms with van der Waals surface area (Å²) in [7, 11) is 0. The van der Waals surface area contributed by atoms with E-state index in [9.17, 15) is 0 Å². The van der Waals surface area contributed by atoms with Crippen LogP contribution in [0, 0.1) is 5.92 Å². The van der Waals surface area contributed by atoms with Gasteiger partial charge in [-0.25, -0.2) is 0 Å². The van der Waals surface area contributed by atoms with E-state index in [0.717, 1.165) is 39.3 Å². The van der Waals surface area contributed by atoms with Crippen LogP contribution in [0.4, 0.5) is 11.4 Å². The molecule has 3 nitrogen and oxygen atoms in total. The molecule has 92 heavy (non-hydrogen) atoms. The quantitative estimate of drug-likeness (QED) is 0.113. The topological polar surface area (TPSA) is 21.9 Å². The van der Waals surface area contributed by atoms with Gasteiger partial charge in [0.25, 0.3) is 0 Å². The molecule has 0 amide bonds. The molecule has 13 aromatic rings. The molecule has 2 aromatic heterocycles. The highest BCUT2D eigenvalue weighted by molar-refractivity contribution is 6.89. The number of aromatic nitrogens is 2. The van der Waals surface area contributed by atoms with E-state index in [1.807, 2.05) is 0 Å². The van der Waals surface area contributed by atoms with Gasteiger partial charge in [0.2, 0.25) is 6.71 Å². The molecule has 3 heterocycles. The van der Waals surface area contributed by atoms with Crippen molar-refractivity contribution >= 4 is 72.6 Å². The highest BCUT2D eigenvalue weighted by Crippen LogP contribution is 2.61. The van der Waals surface area contributed by atoms with Crippen LogP contribution >= 0.6 is 0 Å². The Bertz CT molecular complexity index is 4810. The third kappa shape index (κ3) is 9.61. The summed E-state index contributed by atoms with van der Waals surface area (Å²) < 4.78 is 5.18. The van der Waals surface area contributed by atoms with Crippen molar-refractivity contribution in [3.8, 4) is 33.6 Å². The lowest BCUT2D eigenvalue weighted by molar-refractivity contribution is 0.398. The number of rotatable bonds is 9. The highest BCUT2D eigenvalue weighted by atomic mass is 15.0. The van der Waals surface area contributed by atoms with Crippen molar-refractivity contribution in [2.45, 2.75) is 123 Å². The molecule has 0 radical (unpaired) electrons. The van der Waals surface area contributed by atoms with Crippen molar-refractivity contribution in [3.05, 3.63) is 299 Å². The predicted octanol–water partition coefficient (Wildman–Crippen LogP) is 22.1. The number of nitrogens with one attached hydrogen (secondary N) is 1. The van der Waals surface area contributed by atoms with Gasteiger partial charge in [-0.15, -0.1) is 0 Å². The number of fused-ring (bicyclic) bond motifs is 8. The van der Waals surface area contributed by atoms with Crippen LogP contribution in [0.25, 0.3) is 77.2 Å². The first-order chi connectivity index (χ1) is 44.1.